The quantitative estimate of drug-likeness (QED) is 0.825. The molecule has 0 spiro atoms. The van der Waals surface area contributed by atoms with Gasteiger partial charge in [-0.3, -0.25) is 4.79 Å². The second-order valence-corrected chi connectivity index (χ2v) is 6.29. The number of carbonyl (C=O) groups excluding carboxylic acids is 1. The lowest BCUT2D eigenvalue weighted by atomic mass is 10.2. The lowest BCUT2D eigenvalue weighted by Gasteiger charge is -2.09. The molecule has 0 saturated heterocycles. The molecule has 1 aromatic heterocycles. The zero-order valence-electron chi connectivity index (χ0n) is 13.0. The molecular formula is C17H22N2O2S. The van der Waals surface area contributed by atoms with E-state index in [-0.39, 0.29) is 12.3 Å². The van der Waals surface area contributed by atoms with Crippen molar-refractivity contribution >= 4 is 17.2 Å². The summed E-state index contributed by atoms with van der Waals surface area (Å²) >= 11 is 1.54. The number of carbonyl (C=O) groups is 1. The van der Waals surface area contributed by atoms with E-state index >= 15 is 0 Å². The van der Waals surface area contributed by atoms with Crippen LogP contribution in [0.5, 0.6) is 0 Å². The summed E-state index contributed by atoms with van der Waals surface area (Å²) in [7, 11) is 0. The number of hydrogen-bond donors (Lipinski definition) is 2. The van der Waals surface area contributed by atoms with Gasteiger partial charge >= 0.3 is 0 Å². The summed E-state index contributed by atoms with van der Waals surface area (Å²) in [4.78, 5) is 16.4. The van der Waals surface area contributed by atoms with Gasteiger partial charge < -0.3 is 10.4 Å². The van der Waals surface area contributed by atoms with Crippen molar-refractivity contribution in [1.29, 1.82) is 0 Å². The molecule has 0 saturated carbocycles. The molecule has 1 atom stereocenters. The fraction of sp³-hybridized carbons (Fsp3) is 0.412. The highest BCUT2D eigenvalue weighted by Crippen LogP contribution is 2.24. The molecule has 0 radical (unpaired) electrons. The minimum absolute atomic E-state index is 0.101. The predicted molar refractivity (Wildman–Crippen MR) is 89.9 cm³/mol. The molecule has 0 fully saturated rings. The third-order valence-electron chi connectivity index (χ3n) is 3.35. The second-order valence-electron chi connectivity index (χ2n) is 5.43. The fourth-order valence-electron chi connectivity index (χ4n) is 2.11. The Balaban J connectivity index is 1.89. The zero-order chi connectivity index (χ0) is 15.9. The van der Waals surface area contributed by atoms with Crippen LogP contribution in [0.3, 0.4) is 0 Å². The van der Waals surface area contributed by atoms with Gasteiger partial charge in [0.05, 0.1) is 18.2 Å². The van der Waals surface area contributed by atoms with Crippen molar-refractivity contribution < 1.29 is 9.90 Å². The Hall–Kier alpha value is -1.72. The lowest BCUT2D eigenvalue weighted by molar-refractivity contribution is -0.120. The highest BCUT2D eigenvalue weighted by Gasteiger charge is 2.10. The molecule has 118 valence electrons. The first-order valence-electron chi connectivity index (χ1n) is 7.54. The molecular weight excluding hydrogens is 296 g/mol. The molecule has 5 heteroatoms. The standard InChI is InChI=1S/C17H22N2O2S/c1-3-4-15(20)10-18-16(21)9-14-11-22-17(19-14)13-7-5-12(2)6-8-13/h5-8,11,15,20H,3-4,9-10H2,1-2H3,(H,18,21). The smallest absolute Gasteiger partial charge is 0.226 e. The Bertz CT molecular complexity index is 607. The molecule has 2 rings (SSSR count). The minimum Gasteiger partial charge on any atom is -0.391 e. The monoisotopic (exact) mass is 318 g/mol. The van der Waals surface area contributed by atoms with Crippen LogP contribution in [0, 0.1) is 6.92 Å². The number of aromatic nitrogens is 1. The SMILES string of the molecule is CCCC(O)CNC(=O)Cc1csc(-c2ccc(C)cc2)n1. The van der Waals surface area contributed by atoms with Crippen LogP contribution in [0.1, 0.15) is 31.0 Å². The highest BCUT2D eigenvalue weighted by atomic mass is 32.1. The van der Waals surface area contributed by atoms with E-state index < -0.39 is 6.10 Å². The van der Waals surface area contributed by atoms with Crippen LogP contribution < -0.4 is 5.32 Å². The van der Waals surface area contributed by atoms with Gasteiger partial charge in [0.2, 0.25) is 5.91 Å². The van der Waals surface area contributed by atoms with E-state index in [0.717, 1.165) is 22.7 Å². The number of nitrogens with zero attached hydrogens (tertiary/aromatic N) is 1. The number of amides is 1. The van der Waals surface area contributed by atoms with Crippen molar-refractivity contribution in [1.82, 2.24) is 10.3 Å². The Morgan fingerprint density at radius 2 is 2.09 bits per heavy atom. The highest BCUT2D eigenvalue weighted by molar-refractivity contribution is 7.13. The van der Waals surface area contributed by atoms with Gasteiger partial charge in [-0.1, -0.05) is 43.2 Å². The summed E-state index contributed by atoms with van der Waals surface area (Å²) < 4.78 is 0. The maximum atomic E-state index is 11.9. The molecule has 1 heterocycles. The third kappa shape index (κ3) is 4.93. The van der Waals surface area contributed by atoms with Gasteiger partial charge in [0.25, 0.3) is 0 Å². The van der Waals surface area contributed by atoms with E-state index in [0.29, 0.717) is 13.0 Å². The zero-order valence-corrected chi connectivity index (χ0v) is 13.8. The topological polar surface area (TPSA) is 62.2 Å². The summed E-state index contributed by atoms with van der Waals surface area (Å²) in [5.74, 6) is -0.101. The van der Waals surface area contributed by atoms with E-state index in [4.69, 9.17) is 0 Å². The predicted octanol–water partition coefficient (Wildman–Crippen LogP) is 2.94. The maximum absolute atomic E-state index is 11.9. The van der Waals surface area contributed by atoms with Gasteiger partial charge in [0.15, 0.2) is 0 Å². The Kier molecular flexibility index (Phi) is 6.10. The van der Waals surface area contributed by atoms with Crippen molar-refractivity contribution in [2.24, 2.45) is 0 Å². The van der Waals surface area contributed by atoms with Crippen LogP contribution in [0.4, 0.5) is 0 Å². The van der Waals surface area contributed by atoms with Crippen molar-refractivity contribution in [3.63, 3.8) is 0 Å². The fourth-order valence-corrected chi connectivity index (χ4v) is 2.94. The normalized spacial score (nSPS) is 12.1. The van der Waals surface area contributed by atoms with E-state index in [9.17, 15) is 9.90 Å². The molecule has 4 nitrogen and oxygen atoms in total. The number of rotatable bonds is 7. The molecule has 1 aromatic carbocycles. The number of aryl methyl sites for hydroxylation is 1. The van der Waals surface area contributed by atoms with Crippen molar-refractivity contribution in [3.8, 4) is 10.6 Å². The first-order chi connectivity index (χ1) is 10.6. The van der Waals surface area contributed by atoms with Gasteiger partial charge in [-0.05, 0) is 13.3 Å². The van der Waals surface area contributed by atoms with Crippen molar-refractivity contribution in [2.75, 3.05) is 6.54 Å². The molecule has 1 unspecified atom stereocenters. The average Bonchev–Trinajstić information content (AvgIpc) is 2.95. The van der Waals surface area contributed by atoms with Gasteiger partial charge in [-0.2, -0.15) is 0 Å². The summed E-state index contributed by atoms with van der Waals surface area (Å²) in [5, 5.41) is 15.2. The van der Waals surface area contributed by atoms with Crippen LogP contribution >= 0.6 is 11.3 Å². The summed E-state index contributed by atoms with van der Waals surface area (Å²) in [6, 6.07) is 8.19. The van der Waals surface area contributed by atoms with E-state index in [1.807, 2.05) is 31.4 Å². The molecule has 22 heavy (non-hydrogen) atoms. The van der Waals surface area contributed by atoms with Crippen LogP contribution in [0.15, 0.2) is 29.6 Å². The van der Waals surface area contributed by atoms with E-state index in [1.54, 1.807) is 11.3 Å². The van der Waals surface area contributed by atoms with Crippen LogP contribution in [-0.2, 0) is 11.2 Å². The second kappa shape index (κ2) is 8.06. The minimum atomic E-state index is -0.465. The number of aliphatic hydroxyl groups excluding tert-OH is 1. The maximum Gasteiger partial charge on any atom is 0.226 e. The molecule has 0 aliphatic carbocycles. The van der Waals surface area contributed by atoms with E-state index in [2.05, 4.69) is 22.4 Å². The molecule has 0 bridgehead atoms. The van der Waals surface area contributed by atoms with Crippen LogP contribution in [-0.4, -0.2) is 28.6 Å². The summed E-state index contributed by atoms with van der Waals surface area (Å²) in [6.45, 7) is 4.36. The molecule has 2 aromatic rings. The van der Waals surface area contributed by atoms with Crippen molar-refractivity contribution in [2.45, 2.75) is 39.2 Å². The Labute approximate surface area is 135 Å². The molecule has 0 aliphatic heterocycles. The lowest BCUT2D eigenvalue weighted by Crippen LogP contribution is -2.33. The first kappa shape index (κ1) is 16.6. The third-order valence-corrected chi connectivity index (χ3v) is 4.29. The van der Waals surface area contributed by atoms with Crippen LogP contribution in [0.25, 0.3) is 10.6 Å². The number of nitrogens with one attached hydrogen (secondary N) is 1. The molecule has 2 N–H and O–H groups in total. The Morgan fingerprint density at radius 1 is 1.36 bits per heavy atom. The van der Waals surface area contributed by atoms with Gasteiger partial charge in [-0.15, -0.1) is 11.3 Å². The van der Waals surface area contributed by atoms with Gasteiger partial charge in [-0.25, -0.2) is 4.98 Å². The molecule has 1 amide bonds. The average molecular weight is 318 g/mol. The van der Waals surface area contributed by atoms with E-state index in [1.165, 1.54) is 5.56 Å². The summed E-state index contributed by atoms with van der Waals surface area (Å²) in [6.07, 6.45) is 1.39. The van der Waals surface area contributed by atoms with Gasteiger partial charge in [0.1, 0.15) is 5.01 Å². The molecule has 0 aliphatic rings. The Morgan fingerprint density at radius 3 is 2.77 bits per heavy atom. The summed E-state index contributed by atoms with van der Waals surface area (Å²) in [5.41, 5.74) is 3.05. The van der Waals surface area contributed by atoms with Crippen LogP contribution in [0.2, 0.25) is 0 Å². The number of thiazole rings is 1. The largest absolute Gasteiger partial charge is 0.391 e. The number of benzene rings is 1. The number of aliphatic hydroxyl groups is 1. The van der Waals surface area contributed by atoms with Gasteiger partial charge in [0, 0.05) is 17.5 Å². The van der Waals surface area contributed by atoms with Crippen molar-refractivity contribution in [3.05, 3.63) is 40.9 Å². The first-order valence-corrected chi connectivity index (χ1v) is 8.42. The number of hydrogen-bond acceptors (Lipinski definition) is 4.